The van der Waals surface area contributed by atoms with E-state index in [2.05, 4.69) is 10.3 Å². The minimum atomic E-state index is -1.00. The molecule has 6 heteroatoms. The van der Waals surface area contributed by atoms with Crippen LogP contribution in [0.4, 0.5) is 5.69 Å². The minimum Gasteiger partial charge on any atom is -0.482 e. The van der Waals surface area contributed by atoms with Crippen LogP contribution in [0.25, 0.3) is 11.3 Å². The molecule has 3 aromatic rings. The summed E-state index contributed by atoms with van der Waals surface area (Å²) in [7, 11) is 1.61. The van der Waals surface area contributed by atoms with Crippen molar-refractivity contribution in [2.24, 2.45) is 0 Å². The van der Waals surface area contributed by atoms with Gasteiger partial charge in [0.1, 0.15) is 5.75 Å². The average Bonchev–Trinajstić information content (AvgIpc) is 2.72. The Bertz CT molecular complexity index is 896. The van der Waals surface area contributed by atoms with Crippen LogP contribution in [0, 0.1) is 0 Å². The highest BCUT2D eigenvalue weighted by molar-refractivity contribution is 5.68. The first-order chi connectivity index (χ1) is 13.2. The molecule has 1 heterocycles. The fourth-order valence-electron chi connectivity index (χ4n) is 2.56. The molecule has 3 rings (SSSR count). The van der Waals surface area contributed by atoms with Crippen LogP contribution in [0.3, 0.4) is 0 Å². The third-order valence-electron chi connectivity index (χ3n) is 3.90. The maximum absolute atomic E-state index is 10.5. The number of hydrogen-bond acceptors (Lipinski definition) is 5. The molecule has 138 valence electrons. The molecule has 0 saturated carbocycles. The summed E-state index contributed by atoms with van der Waals surface area (Å²) >= 11 is 0. The molecular weight excluding hydrogens is 344 g/mol. The van der Waals surface area contributed by atoms with Gasteiger partial charge in [-0.2, -0.15) is 0 Å². The number of nitrogens with one attached hydrogen (secondary N) is 1. The molecule has 0 radical (unpaired) electrons. The number of carboxylic acids is 1. The first-order valence-corrected chi connectivity index (χ1v) is 8.43. The molecule has 2 N–H and O–H groups in total. The molecule has 0 aliphatic carbocycles. The van der Waals surface area contributed by atoms with E-state index in [4.69, 9.17) is 14.6 Å². The lowest BCUT2D eigenvalue weighted by molar-refractivity contribution is -0.139. The number of ether oxygens (including phenoxy) is 2. The summed E-state index contributed by atoms with van der Waals surface area (Å²) in [5.41, 5.74) is 3.71. The molecule has 0 aliphatic rings. The van der Waals surface area contributed by atoms with E-state index in [9.17, 15) is 4.79 Å². The summed E-state index contributed by atoms with van der Waals surface area (Å²) < 4.78 is 10.6. The Labute approximate surface area is 157 Å². The van der Waals surface area contributed by atoms with Gasteiger partial charge in [0.15, 0.2) is 6.61 Å². The van der Waals surface area contributed by atoms with Crippen LogP contribution in [0.15, 0.2) is 66.7 Å². The fourth-order valence-corrected chi connectivity index (χ4v) is 2.56. The predicted molar refractivity (Wildman–Crippen MR) is 103 cm³/mol. The second-order valence-corrected chi connectivity index (χ2v) is 5.79. The van der Waals surface area contributed by atoms with Gasteiger partial charge >= 0.3 is 5.97 Å². The molecule has 0 saturated heterocycles. The van der Waals surface area contributed by atoms with Crippen LogP contribution in [0.2, 0.25) is 0 Å². The molecule has 6 nitrogen and oxygen atoms in total. The molecule has 2 aromatic carbocycles. The van der Waals surface area contributed by atoms with Gasteiger partial charge in [0.2, 0.25) is 5.88 Å². The van der Waals surface area contributed by atoms with E-state index in [1.54, 1.807) is 19.2 Å². The lowest BCUT2D eigenvalue weighted by Crippen LogP contribution is -2.09. The van der Waals surface area contributed by atoms with E-state index in [0.717, 1.165) is 22.5 Å². The van der Waals surface area contributed by atoms with E-state index in [1.807, 2.05) is 54.6 Å². The van der Waals surface area contributed by atoms with Crippen molar-refractivity contribution < 1.29 is 19.4 Å². The predicted octanol–water partition coefficient (Wildman–Crippen LogP) is 3.83. The van der Waals surface area contributed by atoms with Crippen LogP contribution in [0.1, 0.15) is 5.56 Å². The maximum atomic E-state index is 10.5. The van der Waals surface area contributed by atoms with Crippen molar-refractivity contribution in [3.63, 3.8) is 0 Å². The first kappa shape index (κ1) is 18.3. The van der Waals surface area contributed by atoms with Crippen molar-refractivity contribution in [1.82, 2.24) is 4.98 Å². The zero-order valence-electron chi connectivity index (χ0n) is 14.9. The number of nitrogens with zero attached hydrogens (tertiary/aromatic N) is 1. The molecule has 27 heavy (non-hydrogen) atoms. The fraction of sp³-hybridized carbons (Fsp3) is 0.143. The van der Waals surface area contributed by atoms with E-state index in [1.165, 1.54) is 0 Å². The van der Waals surface area contributed by atoms with Crippen LogP contribution in [-0.2, 0) is 11.3 Å². The van der Waals surface area contributed by atoms with E-state index in [0.29, 0.717) is 18.2 Å². The Hall–Kier alpha value is -3.54. The summed E-state index contributed by atoms with van der Waals surface area (Å²) in [6.45, 7) is 0.185. The zero-order chi connectivity index (χ0) is 19.1. The summed E-state index contributed by atoms with van der Waals surface area (Å²) in [6, 6.07) is 21.0. The molecular formula is C21H20N2O4. The number of aliphatic carboxylic acids is 1. The number of aromatic nitrogens is 1. The second kappa shape index (κ2) is 8.71. The molecule has 0 aliphatic heterocycles. The summed E-state index contributed by atoms with van der Waals surface area (Å²) in [6.07, 6.45) is 0. The van der Waals surface area contributed by atoms with Gasteiger partial charge < -0.3 is 19.9 Å². The molecule has 0 unspecified atom stereocenters. The number of carboxylic acid groups (broad SMARTS) is 1. The third-order valence-corrected chi connectivity index (χ3v) is 3.90. The first-order valence-electron chi connectivity index (χ1n) is 8.43. The molecule has 0 bridgehead atoms. The van der Waals surface area contributed by atoms with Gasteiger partial charge in [-0.15, -0.1) is 0 Å². The summed E-state index contributed by atoms with van der Waals surface area (Å²) in [4.78, 5) is 15.1. The van der Waals surface area contributed by atoms with Gasteiger partial charge in [0.25, 0.3) is 0 Å². The highest BCUT2D eigenvalue weighted by atomic mass is 16.5. The number of benzene rings is 2. The lowest BCUT2D eigenvalue weighted by atomic mass is 10.1. The van der Waals surface area contributed by atoms with E-state index in [-0.39, 0.29) is 6.61 Å². The topological polar surface area (TPSA) is 80.7 Å². The van der Waals surface area contributed by atoms with E-state index >= 15 is 0 Å². The van der Waals surface area contributed by atoms with Crippen molar-refractivity contribution in [3.05, 3.63) is 72.3 Å². The molecule has 0 spiro atoms. The van der Waals surface area contributed by atoms with Crippen LogP contribution in [-0.4, -0.2) is 29.8 Å². The van der Waals surface area contributed by atoms with Gasteiger partial charge in [0.05, 0.1) is 12.8 Å². The number of rotatable bonds is 8. The maximum Gasteiger partial charge on any atom is 0.341 e. The van der Waals surface area contributed by atoms with Crippen LogP contribution < -0.4 is 14.8 Å². The third kappa shape index (κ3) is 4.98. The van der Waals surface area contributed by atoms with E-state index < -0.39 is 5.97 Å². The van der Waals surface area contributed by atoms with Crippen molar-refractivity contribution in [3.8, 4) is 22.9 Å². The monoisotopic (exact) mass is 364 g/mol. The van der Waals surface area contributed by atoms with Gasteiger partial charge in [0, 0.05) is 23.4 Å². The highest BCUT2D eigenvalue weighted by Gasteiger charge is 2.08. The standard InChI is InChI=1S/C21H20N2O4/c1-26-21-16(7-12-19(23-21)15-5-3-2-4-6-15)13-22-17-8-10-18(11-9-17)27-14-20(24)25/h2-12,22H,13-14H2,1H3,(H,24,25). The Balaban J connectivity index is 1.66. The number of methoxy groups -OCH3 is 1. The Kier molecular flexibility index (Phi) is 5.89. The van der Waals surface area contributed by atoms with Gasteiger partial charge in [-0.05, 0) is 36.4 Å². The van der Waals surface area contributed by atoms with Crippen LogP contribution in [0.5, 0.6) is 11.6 Å². The Morgan fingerprint density at radius 2 is 1.78 bits per heavy atom. The Morgan fingerprint density at radius 3 is 2.44 bits per heavy atom. The molecule has 0 fully saturated rings. The highest BCUT2D eigenvalue weighted by Crippen LogP contribution is 2.24. The van der Waals surface area contributed by atoms with Crippen molar-refractivity contribution in [1.29, 1.82) is 0 Å². The quantitative estimate of drug-likeness (QED) is 0.632. The number of anilines is 1. The summed E-state index contributed by atoms with van der Waals surface area (Å²) in [5, 5.41) is 11.9. The van der Waals surface area contributed by atoms with Crippen molar-refractivity contribution in [2.45, 2.75) is 6.54 Å². The molecule has 0 atom stereocenters. The lowest BCUT2D eigenvalue weighted by Gasteiger charge is -2.12. The second-order valence-electron chi connectivity index (χ2n) is 5.79. The van der Waals surface area contributed by atoms with Crippen molar-refractivity contribution >= 4 is 11.7 Å². The van der Waals surface area contributed by atoms with Crippen LogP contribution >= 0.6 is 0 Å². The van der Waals surface area contributed by atoms with Crippen molar-refractivity contribution in [2.75, 3.05) is 19.0 Å². The largest absolute Gasteiger partial charge is 0.482 e. The Morgan fingerprint density at radius 1 is 1.04 bits per heavy atom. The number of pyridine rings is 1. The summed E-state index contributed by atoms with van der Waals surface area (Å²) in [5.74, 6) is 0.0791. The normalized spacial score (nSPS) is 10.3. The minimum absolute atomic E-state index is 0.358. The number of hydrogen-bond donors (Lipinski definition) is 2. The SMILES string of the molecule is COc1nc(-c2ccccc2)ccc1CNc1ccc(OCC(=O)O)cc1. The smallest absolute Gasteiger partial charge is 0.341 e. The van der Waals surface area contributed by atoms with Gasteiger partial charge in [-0.3, -0.25) is 0 Å². The number of carbonyl (C=O) groups is 1. The molecule has 0 amide bonds. The molecule has 1 aromatic heterocycles. The zero-order valence-corrected chi connectivity index (χ0v) is 14.9. The van der Waals surface area contributed by atoms with Gasteiger partial charge in [-0.25, -0.2) is 9.78 Å². The van der Waals surface area contributed by atoms with Gasteiger partial charge in [-0.1, -0.05) is 30.3 Å². The average molecular weight is 364 g/mol.